The zero-order chi connectivity index (χ0) is 19.1. The van der Waals surface area contributed by atoms with Crippen molar-refractivity contribution in [1.29, 1.82) is 0 Å². The maximum Gasteiger partial charge on any atom is 0.224 e. The Hall–Kier alpha value is -2.60. The minimum atomic E-state index is -0.544. The molecule has 0 aromatic heterocycles. The van der Waals surface area contributed by atoms with Crippen LogP contribution in [0.1, 0.15) is 25.7 Å². The third-order valence-electron chi connectivity index (χ3n) is 4.74. The van der Waals surface area contributed by atoms with Gasteiger partial charge < -0.3 is 20.1 Å². The van der Waals surface area contributed by atoms with Gasteiger partial charge in [-0.15, -0.1) is 0 Å². The summed E-state index contributed by atoms with van der Waals surface area (Å²) in [7, 11) is 1.53. The molecule has 144 valence electrons. The zero-order valence-corrected chi connectivity index (χ0v) is 15.5. The zero-order valence-electron chi connectivity index (χ0n) is 15.5. The molecule has 27 heavy (non-hydrogen) atoms. The number of nitrogens with one attached hydrogen (secondary N) is 2. The number of methoxy groups -OCH3 is 1. The molecule has 2 N–H and O–H groups in total. The molecule has 1 aliphatic rings. The highest BCUT2D eigenvalue weighted by molar-refractivity contribution is 5.90. The van der Waals surface area contributed by atoms with E-state index in [0.717, 1.165) is 32.4 Å². The molecule has 1 heterocycles. The van der Waals surface area contributed by atoms with Crippen molar-refractivity contribution in [2.24, 2.45) is 5.92 Å². The quantitative estimate of drug-likeness (QED) is 0.759. The van der Waals surface area contributed by atoms with E-state index in [1.165, 1.54) is 19.2 Å². The summed E-state index contributed by atoms with van der Waals surface area (Å²) in [5.41, 5.74) is 0.426. The molecule has 2 aromatic carbocycles. The Balaban J connectivity index is 1.56. The van der Waals surface area contributed by atoms with Gasteiger partial charge in [-0.2, -0.15) is 0 Å². The molecule has 0 radical (unpaired) electrons. The maximum absolute atomic E-state index is 14.4. The van der Waals surface area contributed by atoms with E-state index in [0.29, 0.717) is 29.5 Å². The number of para-hydroxylation sites is 2. The van der Waals surface area contributed by atoms with E-state index in [9.17, 15) is 9.18 Å². The minimum absolute atomic E-state index is 0.0761. The highest BCUT2D eigenvalue weighted by atomic mass is 19.1. The van der Waals surface area contributed by atoms with Crippen LogP contribution in [0.25, 0.3) is 0 Å². The van der Waals surface area contributed by atoms with Crippen LogP contribution in [0.5, 0.6) is 17.2 Å². The van der Waals surface area contributed by atoms with Gasteiger partial charge in [-0.1, -0.05) is 12.1 Å². The van der Waals surface area contributed by atoms with Gasteiger partial charge in [0.05, 0.1) is 7.11 Å². The Morgan fingerprint density at radius 1 is 1.15 bits per heavy atom. The lowest BCUT2D eigenvalue weighted by molar-refractivity contribution is -0.116. The number of ether oxygens (including phenoxy) is 2. The summed E-state index contributed by atoms with van der Waals surface area (Å²) < 4.78 is 25.2. The van der Waals surface area contributed by atoms with Crippen LogP contribution in [0.3, 0.4) is 0 Å². The fraction of sp³-hybridized carbons (Fsp3) is 0.381. The lowest BCUT2D eigenvalue weighted by Gasteiger charge is -2.22. The first-order valence-corrected chi connectivity index (χ1v) is 9.26. The number of rotatable bonds is 7. The average Bonchev–Trinajstić information content (AvgIpc) is 2.69. The molecule has 0 spiro atoms. The van der Waals surface area contributed by atoms with Gasteiger partial charge in [0.25, 0.3) is 0 Å². The van der Waals surface area contributed by atoms with Gasteiger partial charge in [-0.3, -0.25) is 4.79 Å². The summed E-state index contributed by atoms with van der Waals surface area (Å²) in [6, 6.07) is 11.4. The van der Waals surface area contributed by atoms with E-state index in [-0.39, 0.29) is 11.7 Å². The van der Waals surface area contributed by atoms with Crippen LogP contribution in [0.4, 0.5) is 10.1 Å². The number of hydrogen-bond donors (Lipinski definition) is 2. The Bertz CT molecular complexity index is 776. The molecule has 1 fully saturated rings. The van der Waals surface area contributed by atoms with Crippen molar-refractivity contribution in [1.82, 2.24) is 5.32 Å². The second-order valence-corrected chi connectivity index (χ2v) is 6.68. The highest BCUT2D eigenvalue weighted by Crippen LogP contribution is 2.33. The summed E-state index contributed by atoms with van der Waals surface area (Å²) in [4.78, 5) is 12.1. The maximum atomic E-state index is 14.4. The van der Waals surface area contributed by atoms with Gasteiger partial charge in [0, 0.05) is 18.2 Å². The molecule has 0 unspecified atom stereocenters. The van der Waals surface area contributed by atoms with Crippen molar-refractivity contribution < 1.29 is 18.7 Å². The molecule has 6 heteroatoms. The number of carbonyl (C=O) groups is 1. The van der Waals surface area contributed by atoms with Gasteiger partial charge in [0.1, 0.15) is 0 Å². The monoisotopic (exact) mass is 372 g/mol. The summed E-state index contributed by atoms with van der Waals surface area (Å²) in [6.07, 6.45) is 3.53. The molecular weight excluding hydrogens is 347 g/mol. The van der Waals surface area contributed by atoms with Crippen LogP contribution in [0.2, 0.25) is 0 Å². The fourth-order valence-electron chi connectivity index (χ4n) is 3.21. The van der Waals surface area contributed by atoms with Gasteiger partial charge in [0.2, 0.25) is 5.91 Å². The minimum Gasteiger partial charge on any atom is -0.493 e. The lowest BCUT2D eigenvalue weighted by Crippen LogP contribution is -2.28. The van der Waals surface area contributed by atoms with E-state index < -0.39 is 5.82 Å². The van der Waals surface area contributed by atoms with Crippen LogP contribution >= 0.6 is 0 Å². The number of benzene rings is 2. The van der Waals surface area contributed by atoms with Crippen molar-refractivity contribution in [2.75, 3.05) is 25.5 Å². The van der Waals surface area contributed by atoms with Gasteiger partial charge in [-0.25, -0.2) is 4.39 Å². The standard InChI is InChI=1S/C21H25FN2O3/c1-26-19-4-2-3-5-20(19)27-18-8-7-16(14-17(18)22)24-21(25)9-6-15-10-12-23-13-11-15/h2-5,7-8,14-15,23H,6,9-13H2,1H3,(H,24,25). The molecule has 1 saturated heterocycles. The summed E-state index contributed by atoms with van der Waals surface area (Å²) in [5, 5.41) is 6.08. The molecule has 1 amide bonds. The number of halogens is 1. The predicted molar refractivity (Wildman–Crippen MR) is 103 cm³/mol. The first-order chi connectivity index (χ1) is 13.2. The van der Waals surface area contributed by atoms with E-state index in [1.807, 2.05) is 6.07 Å². The van der Waals surface area contributed by atoms with Crippen LogP contribution in [-0.4, -0.2) is 26.1 Å². The summed E-state index contributed by atoms with van der Waals surface area (Å²) in [5.74, 6) is 0.978. The lowest BCUT2D eigenvalue weighted by atomic mass is 9.93. The van der Waals surface area contributed by atoms with Crippen molar-refractivity contribution >= 4 is 11.6 Å². The van der Waals surface area contributed by atoms with Crippen LogP contribution in [-0.2, 0) is 4.79 Å². The Morgan fingerprint density at radius 3 is 2.59 bits per heavy atom. The number of anilines is 1. The fourth-order valence-corrected chi connectivity index (χ4v) is 3.21. The SMILES string of the molecule is COc1ccccc1Oc1ccc(NC(=O)CCC2CCNCC2)cc1F. The topological polar surface area (TPSA) is 59.6 Å². The van der Waals surface area contributed by atoms with Gasteiger partial charge >= 0.3 is 0 Å². The molecule has 2 aromatic rings. The summed E-state index contributed by atoms with van der Waals surface area (Å²) in [6.45, 7) is 2.04. The Kier molecular flexibility index (Phi) is 6.65. The van der Waals surface area contributed by atoms with Crippen molar-refractivity contribution in [3.8, 4) is 17.2 Å². The van der Waals surface area contributed by atoms with E-state index in [4.69, 9.17) is 9.47 Å². The van der Waals surface area contributed by atoms with Crippen molar-refractivity contribution in [3.63, 3.8) is 0 Å². The van der Waals surface area contributed by atoms with Crippen molar-refractivity contribution in [3.05, 3.63) is 48.3 Å². The van der Waals surface area contributed by atoms with Crippen LogP contribution < -0.4 is 20.1 Å². The van der Waals surface area contributed by atoms with Crippen LogP contribution in [0, 0.1) is 11.7 Å². The largest absolute Gasteiger partial charge is 0.493 e. The first kappa shape index (κ1) is 19.2. The third-order valence-corrected chi connectivity index (χ3v) is 4.74. The molecule has 0 atom stereocenters. The van der Waals surface area contributed by atoms with Crippen LogP contribution in [0.15, 0.2) is 42.5 Å². The summed E-state index contributed by atoms with van der Waals surface area (Å²) >= 11 is 0. The molecule has 3 rings (SSSR count). The van der Waals surface area contributed by atoms with Gasteiger partial charge in [-0.05, 0) is 62.5 Å². The first-order valence-electron chi connectivity index (χ1n) is 9.26. The third kappa shape index (κ3) is 5.44. The number of hydrogen-bond acceptors (Lipinski definition) is 4. The number of piperidine rings is 1. The highest BCUT2D eigenvalue weighted by Gasteiger charge is 2.15. The second kappa shape index (κ2) is 9.37. The van der Waals surface area contributed by atoms with E-state index >= 15 is 0 Å². The smallest absolute Gasteiger partial charge is 0.224 e. The normalized spacial score (nSPS) is 14.6. The molecule has 0 aliphatic carbocycles. The van der Waals surface area contributed by atoms with E-state index in [1.54, 1.807) is 24.3 Å². The molecule has 0 bridgehead atoms. The van der Waals surface area contributed by atoms with Gasteiger partial charge in [0.15, 0.2) is 23.1 Å². The molecular formula is C21H25FN2O3. The molecule has 5 nitrogen and oxygen atoms in total. The second-order valence-electron chi connectivity index (χ2n) is 6.68. The Morgan fingerprint density at radius 2 is 1.89 bits per heavy atom. The predicted octanol–water partition coefficient (Wildman–Crippen LogP) is 4.34. The molecule has 1 aliphatic heterocycles. The van der Waals surface area contributed by atoms with E-state index in [2.05, 4.69) is 10.6 Å². The number of carbonyl (C=O) groups excluding carboxylic acids is 1. The number of amides is 1. The van der Waals surface area contributed by atoms with Crippen molar-refractivity contribution in [2.45, 2.75) is 25.7 Å². The Labute approximate surface area is 158 Å². The molecule has 0 saturated carbocycles. The average molecular weight is 372 g/mol.